The van der Waals surface area contributed by atoms with Gasteiger partial charge >= 0.3 is 6.18 Å². The second kappa shape index (κ2) is 4.25. The molecule has 3 nitrogen and oxygen atoms in total. The number of halogens is 3. The molecular weight excluding hydrogens is 251 g/mol. The van der Waals surface area contributed by atoms with E-state index in [4.69, 9.17) is 12.2 Å². The molecule has 0 fully saturated rings. The van der Waals surface area contributed by atoms with E-state index in [2.05, 4.69) is 15.0 Å². The number of aromatic nitrogens is 3. The molecule has 0 bridgehead atoms. The normalized spacial score (nSPS) is 11.5. The molecule has 0 aromatic carbocycles. The lowest BCUT2D eigenvalue weighted by Gasteiger charge is -2.11. The van der Waals surface area contributed by atoms with Crippen molar-refractivity contribution >= 4 is 12.2 Å². The van der Waals surface area contributed by atoms with Crippen LogP contribution in [0, 0.1) is 4.64 Å². The number of pyridine rings is 1. The van der Waals surface area contributed by atoms with E-state index in [0.717, 1.165) is 18.5 Å². The highest BCUT2D eigenvalue weighted by atomic mass is 32.1. The predicted octanol–water partition coefficient (Wildman–Crippen LogP) is 3.22. The minimum Gasteiger partial charge on any atom is -0.350 e. The van der Waals surface area contributed by atoms with Gasteiger partial charge in [0, 0.05) is 30.4 Å². The van der Waals surface area contributed by atoms with E-state index in [1.165, 1.54) is 12.4 Å². The standard InChI is InChI=1S/C10H6F3N3S/c11-10(12,13)7-1-2-14-5-6(7)8-9(17)16-4-3-15-8/h1-5H,(H,16,17). The van der Waals surface area contributed by atoms with Crippen molar-refractivity contribution in [3.63, 3.8) is 0 Å². The zero-order valence-corrected chi connectivity index (χ0v) is 9.14. The van der Waals surface area contributed by atoms with Crippen molar-refractivity contribution in [1.29, 1.82) is 0 Å². The van der Waals surface area contributed by atoms with E-state index in [1.54, 1.807) is 0 Å². The smallest absolute Gasteiger partial charge is 0.350 e. The van der Waals surface area contributed by atoms with E-state index in [-0.39, 0.29) is 15.9 Å². The van der Waals surface area contributed by atoms with Crippen LogP contribution >= 0.6 is 12.2 Å². The van der Waals surface area contributed by atoms with Crippen LogP contribution in [0.15, 0.2) is 30.9 Å². The lowest BCUT2D eigenvalue weighted by atomic mass is 10.1. The third-order valence-corrected chi connectivity index (χ3v) is 2.40. The van der Waals surface area contributed by atoms with Crippen LogP contribution in [-0.2, 0) is 6.18 Å². The number of rotatable bonds is 1. The first-order valence-corrected chi connectivity index (χ1v) is 4.96. The molecule has 0 saturated carbocycles. The van der Waals surface area contributed by atoms with Crippen LogP contribution in [0.4, 0.5) is 13.2 Å². The maximum Gasteiger partial charge on any atom is 0.417 e. The molecule has 0 unspecified atom stereocenters. The van der Waals surface area contributed by atoms with Gasteiger partial charge in [0.25, 0.3) is 0 Å². The fourth-order valence-electron chi connectivity index (χ4n) is 1.37. The number of aromatic amines is 1. The Bertz CT molecular complexity index is 592. The summed E-state index contributed by atoms with van der Waals surface area (Å²) in [6.45, 7) is 0. The first-order chi connectivity index (χ1) is 8.00. The van der Waals surface area contributed by atoms with Gasteiger partial charge in [-0.05, 0) is 6.07 Å². The van der Waals surface area contributed by atoms with Crippen LogP contribution in [0.25, 0.3) is 11.3 Å². The van der Waals surface area contributed by atoms with Crippen molar-refractivity contribution in [2.75, 3.05) is 0 Å². The number of hydrogen-bond donors (Lipinski definition) is 1. The van der Waals surface area contributed by atoms with E-state index in [1.807, 2.05) is 0 Å². The maximum absolute atomic E-state index is 12.8. The van der Waals surface area contributed by atoms with Crippen LogP contribution in [0.3, 0.4) is 0 Å². The van der Waals surface area contributed by atoms with Crippen LogP contribution in [0.5, 0.6) is 0 Å². The van der Waals surface area contributed by atoms with Crippen molar-refractivity contribution in [3.05, 3.63) is 41.1 Å². The Morgan fingerprint density at radius 3 is 2.65 bits per heavy atom. The van der Waals surface area contributed by atoms with E-state index >= 15 is 0 Å². The Morgan fingerprint density at radius 2 is 2.00 bits per heavy atom. The highest BCUT2D eigenvalue weighted by Gasteiger charge is 2.34. The summed E-state index contributed by atoms with van der Waals surface area (Å²) in [6, 6.07) is 0.902. The molecule has 0 amide bonds. The van der Waals surface area contributed by atoms with Crippen molar-refractivity contribution in [3.8, 4) is 11.3 Å². The van der Waals surface area contributed by atoms with Gasteiger partial charge in [-0.3, -0.25) is 9.97 Å². The van der Waals surface area contributed by atoms with Gasteiger partial charge in [0.1, 0.15) is 10.3 Å². The van der Waals surface area contributed by atoms with Gasteiger partial charge in [-0.2, -0.15) is 13.2 Å². The molecule has 0 atom stereocenters. The fraction of sp³-hybridized carbons (Fsp3) is 0.100. The summed E-state index contributed by atoms with van der Waals surface area (Å²) in [5.41, 5.74) is -0.851. The quantitative estimate of drug-likeness (QED) is 0.797. The minimum atomic E-state index is -4.46. The molecule has 0 aliphatic heterocycles. The number of nitrogens with one attached hydrogen (secondary N) is 1. The molecular formula is C10H6F3N3S. The Kier molecular flexibility index (Phi) is 2.93. The summed E-state index contributed by atoms with van der Waals surface area (Å²) >= 11 is 4.90. The van der Waals surface area contributed by atoms with Gasteiger partial charge in [0.05, 0.1) is 5.56 Å². The van der Waals surface area contributed by atoms with E-state index in [9.17, 15) is 13.2 Å². The second-order valence-electron chi connectivity index (χ2n) is 3.19. The highest BCUT2D eigenvalue weighted by Crippen LogP contribution is 2.35. The van der Waals surface area contributed by atoms with Gasteiger partial charge in [-0.1, -0.05) is 12.2 Å². The third kappa shape index (κ3) is 2.33. The van der Waals surface area contributed by atoms with Gasteiger partial charge < -0.3 is 4.98 Å². The van der Waals surface area contributed by atoms with Crippen molar-refractivity contribution < 1.29 is 13.2 Å². The molecule has 88 valence electrons. The molecule has 17 heavy (non-hydrogen) atoms. The van der Waals surface area contributed by atoms with Crippen molar-refractivity contribution in [1.82, 2.24) is 15.0 Å². The summed E-state index contributed by atoms with van der Waals surface area (Å²) in [5.74, 6) is 0. The molecule has 0 aliphatic rings. The molecule has 0 aliphatic carbocycles. The maximum atomic E-state index is 12.8. The molecule has 0 spiro atoms. The Hall–Kier alpha value is -1.76. The third-order valence-electron chi connectivity index (χ3n) is 2.09. The van der Waals surface area contributed by atoms with Crippen LogP contribution in [0.1, 0.15) is 5.56 Å². The molecule has 2 rings (SSSR count). The number of alkyl halides is 3. The zero-order valence-electron chi connectivity index (χ0n) is 8.32. The van der Waals surface area contributed by atoms with E-state index < -0.39 is 11.7 Å². The molecule has 0 saturated heterocycles. The molecule has 1 N–H and O–H groups in total. The largest absolute Gasteiger partial charge is 0.417 e. The average Bonchev–Trinajstić information content (AvgIpc) is 2.28. The highest BCUT2D eigenvalue weighted by molar-refractivity contribution is 7.71. The van der Waals surface area contributed by atoms with Gasteiger partial charge in [0.2, 0.25) is 0 Å². The fourth-order valence-corrected chi connectivity index (χ4v) is 1.60. The molecule has 0 radical (unpaired) electrons. The summed E-state index contributed by atoms with van der Waals surface area (Å²) in [5, 5.41) is 0. The van der Waals surface area contributed by atoms with Gasteiger partial charge in [0.15, 0.2) is 0 Å². The first-order valence-electron chi connectivity index (χ1n) is 4.55. The first kappa shape index (κ1) is 11.7. The van der Waals surface area contributed by atoms with Crippen molar-refractivity contribution in [2.24, 2.45) is 0 Å². The molecule has 2 aromatic rings. The monoisotopic (exact) mass is 257 g/mol. The molecule has 2 aromatic heterocycles. The number of H-pyrrole nitrogens is 1. The number of hydrogen-bond acceptors (Lipinski definition) is 3. The van der Waals surface area contributed by atoms with Crippen molar-refractivity contribution in [2.45, 2.75) is 6.18 Å². The Labute approximate surface area is 99.4 Å². The van der Waals surface area contributed by atoms with E-state index in [0.29, 0.717) is 0 Å². The molecule has 2 heterocycles. The van der Waals surface area contributed by atoms with Crippen LogP contribution in [-0.4, -0.2) is 15.0 Å². The predicted molar refractivity (Wildman–Crippen MR) is 57.7 cm³/mol. The lowest BCUT2D eigenvalue weighted by Crippen LogP contribution is -2.08. The Balaban J connectivity index is 2.69. The zero-order chi connectivity index (χ0) is 12.5. The van der Waals surface area contributed by atoms with Gasteiger partial charge in [-0.25, -0.2) is 0 Å². The lowest BCUT2D eigenvalue weighted by molar-refractivity contribution is -0.137. The average molecular weight is 257 g/mol. The van der Waals surface area contributed by atoms with Crippen LogP contribution < -0.4 is 0 Å². The number of nitrogens with zero attached hydrogens (tertiary/aromatic N) is 2. The Morgan fingerprint density at radius 1 is 1.24 bits per heavy atom. The second-order valence-corrected chi connectivity index (χ2v) is 3.59. The minimum absolute atomic E-state index is 0.0722. The SMILES string of the molecule is FC(F)(F)c1ccncc1-c1ncc[nH]c1=S. The topological polar surface area (TPSA) is 41.6 Å². The van der Waals surface area contributed by atoms with Crippen LogP contribution in [0.2, 0.25) is 0 Å². The molecule has 7 heteroatoms. The summed E-state index contributed by atoms with van der Waals surface area (Å²) in [6.07, 6.45) is 0.530. The van der Waals surface area contributed by atoms with Gasteiger partial charge in [-0.15, -0.1) is 0 Å². The summed E-state index contributed by atoms with van der Waals surface area (Å²) < 4.78 is 38.4. The summed E-state index contributed by atoms with van der Waals surface area (Å²) in [7, 11) is 0. The summed E-state index contributed by atoms with van der Waals surface area (Å²) in [4.78, 5) is 10.2.